The van der Waals surface area contributed by atoms with Gasteiger partial charge in [-0.05, 0) is 70.6 Å². The van der Waals surface area contributed by atoms with Crippen LogP contribution in [0.5, 0.6) is 0 Å². The highest BCUT2D eigenvalue weighted by atomic mass is 31.2. The molecule has 1 unspecified atom stereocenters. The molecule has 0 aromatic rings. The zero-order valence-electron chi connectivity index (χ0n) is 36.3. The van der Waals surface area contributed by atoms with Crippen molar-refractivity contribution in [1.29, 1.82) is 0 Å². The molecule has 0 rings (SSSR count). The van der Waals surface area contributed by atoms with Gasteiger partial charge in [-0.2, -0.15) is 0 Å². The number of hydrogen-bond donors (Lipinski definition) is 3. The number of ether oxygens (including phenoxy) is 2. The molecule has 0 radical (unpaired) electrons. The van der Waals surface area contributed by atoms with Crippen molar-refractivity contribution in [3.05, 3.63) is 36.5 Å². The van der Waals surface area contributed by atoms with E-state index in [1.165, 1.54) is 103 Å². The van der Waals surface area contributed by atoms with Crippen LogP contribution in [0.1, 0.15) is 206 Å². The lowest BCUT2D eigenvalue weighted by molar-refractivity contribution is -0.161. The fourth-order valence-electron chi connectivity index (χ4n) is 6.19. The normalized spacial score (nSPS) is 14.1. The molecule has 0 aromatic heterocycles. The highest BCUT2D eigenvalue weighted by Gasteiger charge is 2.27. The number of unbranched alkanes of at least 4 members (excludes halogenated alkanes) is 23. The minimum absolute atomic E-state index is 0.168. The van der Waals surface area contributed by atoms with E-state index in [0.717, 1.165) is 64.2 Å². The first-order valence-electron chi connectivity index (χ1n) is 22.9. The monoisotopic (exact) mass is 829 g/mol. The van der Waals surface area contributed by atoms with Crippen molar-refractivity contribution in [2.24, 2.45) is 0 Å². The molecular weight excluding hydrogens is 743 g/mol. The number of hydrogen-bond acceptors (Lipinski definition) is 9. The molecule has 0 amide bonds. The van der Waals surface area contributed by atoms with E-state index in [1.54, 1.807) is 0 Å². The van der Waals surface area contributed by atoms with Gasteiger partial charge >= 0.3 is 19.8 Å². The Labute approximate surface area is 348 Å². The van der Waals surface area contributed by atoms with Crippen LogP contribution in [0.3, 0.4) is 0 Å². The SMILES string of the molecule is CCCCC/C=C\C/C=C\CCCCCCCC(=O)O[C@H](COC(=O)CCCCCCCCCCC/C=C\CCCCCCCC)COP(=O)(O)OC[C@@H](O)CO. The van der Waals surface area contributed by atoms with Crippen molar-refractivity contribution in [3.63, 3.8) is 0 Å². The summed E-state index contributed by atoms with van der Waals surface area (Å²) in [5.74, 6) is -0.939. The van der Waals surface area contributed by atoms with Crippen molar-refractivity contribution in [2.75, 3.05) is 26.4 Å². The van der Waals surface area contributed by atoms with Gasteiger partial charge in [-0.1, -0.05) is 159 Å². The smallest absolute Gasteiger partial charge is 0.462 e. The Morgan fingerprint density at radius 2 is 0.912 bits per heavy atom. The summed E-state index contributed by atoms with van der Waals surface area (Å²) in [4.78, 5) is 35.0. The predicted molar refractivity (Wildman–Crippen MR) is 233 cm³/mol. The lowest BCUT2D eigenvalue weighted by atomic mass is 10.1. The van der Waals surface area contributed by atoms with Crippen LogP contribution in [-0.4, -0.2) is 65.7 Å². The van der Waals surface area contributed by atoms with Gasteiger partial charge in [0.05, 0.1) is 19.8 Å². The Bertz CT molecular complexity index is 1050. The van der Waals surface area contributed by atoms with Crippen LogP contribution in [0.2, 0.25) is 0 Å². The van der Waals surface area contributed by atoms with Crippen molar-refractivity contribution in [3.8, 4) is 0 Å². The molecule has 0 spiro atoms. The van der Waals surface area contributed by atoms with Gasteiger partial charge in [0.15, 0.2) is 6.10 Å². The summed E-state index contributed by atoms with van der Waals surface area (Å²) in [6.45, 7) is 2.35. The van der Waals surface area contributed by atoms with Gasteiger partial charge in [-0.15, -0.1) is 0 Å². The number of aliphatic hydroxyl groups is 2. The van der Waals surface area contributed by atoms with Gasteiger partial charge in [-0.3, -0.25) is 18.6 Å². The topological polar surface area (TPSA) is 149 Å². The van der Waals surface area contributed by atoms with Crippen LogP contribution in [-0.2, 0) is 32.7 Å². The lowest BCUT2D eigenvalue weighted by Crippen LogP contribution is -2.29. The maximum atomic E-state index is 12.6. The molecule has 57 heavy (non-hydrogen) atoms. The number of carbonyl (C=O) groups excluding carboxylic acids is 2. The van der Waals surface area contributed by atoms with Gasteiger partial charge in [0.2, 0.25) is 0 Å². The summed E-state index contributed by atoms with van der Waals surface area (Å²) in [6.07, 6.45) is 43.9. The van der Waals surface area contributed by atoms with E-state index in [1.807, 2.05) is 0 Å². The average Bonchev–Trinajstić information content (AvgIpc) is 3.20. The maximum Gasteiger partial charge on any atom is 0.472 e. The Hall–Kier alpha value is -1.81. The third-order valence-electron chi connectivity index (χ3n) is 9.77. The summed E-state index contributed by atoms with van der Waals surface area (Å²) in [6, 6.07) is 0. The van der Waals surface area contributed by atoms with Crippen LogP contribution in [0.25, 0.3) is 0 Å². The molecule has 11 heteroatoms. The molecule has 0 aromatic carbocycles. The summed E-state index contributed by atoms with van der Waals surface area (Å²) in [7, 11) is -4.62. The number of aliphatic hydroxyl groups excluding tert-OH is 2. The minimum Gasteiger partial charge on any atom is -0.462 e. The van der Waals surface area contributed by atoms with E-state index >= 15 is 0 Å². The first-order chi connectivity index (χ1) is 27.7. The molecule has 0 aliphatic carbocycles. The number of allylic oxidation sites excluding steroid dienone is 6. The van der Waals surface area contributed by atoms with Crippen LogP contribution < -0.4 is 0 Å². The first kappa shape index (κ1) is 55.2. The predicted octanol–water partition coefficient (Wildman–Crippen LogP) is 12.3. The fourth-order valence-corrected chi connectivity index (χ4v) is 6.98. The first-order valence-corrected chi connectivity index (χ1v) is 24.4. The lowest BCUT2D eigenvalue weighted by Gasteiger charge is -2.20. The fraction of sp³-hybridized carbons (Fsp3) is 0.826. The molecule has 0 aliphatic heterocycles. The second-order valence-electron chi connectivity index (χ2n) is 15.4. The second kappa shape index (κ2) is 42.3. The zero-order valence-corrected chi connectivity index (χ0v) is 37.2. The van der Waals surface area contributed by atoms with E-state index in [9.17, 15) is 24.2 Å². The number of phosphoric ester groups is 1. The third kappa shape index (κ3) is 42.1. The average molecular weight is 829 g/mol. The molecule has 0 heterocycles. The number of carbonyl (C=O) groups is 2. The highest BCUT2D eigenvalue weighted by molar-refractivity contribution is 7.47. The molecule has 0 saturated heterocycles. The van der Waals surface area contributed by atoms with Crippen LogP contribution in [0.15, 0.2) is 36.5 Å². The summed E-state index contributed by atoms with van der Waals surface area (Å²) in [5.41, 5.74) is 0. The van der Waals surface area contributed by atoms with Crippen LogP contribution in [0, 0.1) is 0 Å². The Kier molecular flexibility index (Phi) is 41.0. The van der Waals surface area contributed by atoms with E-state index in [2.05, 4.69) is 50.3 Å². The van der Waals surface area contributed by atoms with Gasteiger partial charge in [0, 0.05) is 12.8 Å². The van der Waals surface area contributed by atoms with Gasteiger partial charge in [0.1, 0.15) is 12.7 Å². The highest BCUT2D eigenvalue weighted by Crippen LogP contribution is 2.43. The molecule has 334 valence electrons. The van der Waals surface area contributed by atoms with E-state index < -0.39 is 51.8 Å². The van der Waals surface area contributed by atoms with Gasteiger partial charge in [0.25, 0.3) is 0 Å². The Morgan fingerprint density at radius 3 is 1.40 bits per heavy atom. The third-order valence-corrected chi connectivity index (χ3v) is 10.7. The quantitative estimate of drug-likeness (QED) is 0.0235. The molecular formula is C46H85O10P. The maximum absolute atomic E-state index is 12.6. The van der Waals surface area contributed by atoms with E-state index in [0.29, 0.717) is 12.8 Å². The van der Waals surface area contributed by atoms with Crippen LogP contribution in [0.4, 0.5) is 0 Å². The molecule has 0 aliphatic rings. The number of phosphoric acid groups is 1. The molecule has 0 saturated carbocycles. The van der Waals surface area contributed by atoms with E-state index in [4.69, 9.17) is 23.6 Å². The Balaban J connectivity index is 4.26. The largest absolute Gasteiger partial charge is 0.472 e. The molecule has 0 fully saturated rings. The van der Waals surface area contributed by atoms with Crippen molar-refractivity contribution < 1.29 is 47.8 Å². The summed E-state index contributed by atoms with van der Waals surface area (Å²) < 4.78 is 32.7. The standard InChI is InChI=1S/C46H85O10P/c1-3-5-7-9-11-13-15-17-19-20-21-22-24-25-27-29-31-33-35-37-45(49)53-41-44(42-55-57(51,52)54-40-43(48)39-47)56-46(50)38-36-34-32-30-28-26-23-18-16-14-12-10-8-6-4-2/h12,14,17-19,23,43-44,47-48H,3-11,13,15-16,20-22,24-42H2,1-2H3,(H,51,52)/b14-12-,19-17-,23-18-/t43-,44+/m0/s1. The second-order valence-corrected chi connectivity index (χ2v) is 16.9. The number of rotatable bonds is 43. The van der Waals surface area contributed by atoms with Crippen LogP contribution >= 0.6 is 7.82 Å². The van der Waals surface area contributed by atoms with E-state index in [-0.39, 0.29) is 19.4 Å². The summed E-state index contributed by atoms with van der Waals surface area (Å²) >= 11 is 0. The minimum atomic E-state index is -4.62. The number of esters is 2. The summed E-state index contributed by atoms with van der Waals surface area (Å²) in [5, 5.41) is 18.3. The van der Waals surface area contributed by atoms with Gasteiger partial charge < -0.3 is 24.6 Å². The van der Waals surface area contributed by atoms with Crippen molar-refractivity contribution in [1.82, 2.24) is 0 Å². The molecule has 10 nitrogen and oxygen atoms in total. The molecule has 3 N–H and O–H groups in total. The van der Waals surface area contributed by atoms with Crippen molar-refractivity contribution >= 4 is 19.8 Å². The Morgan fingerprint density at radius 1 is 0.526 bits per heavy atom. The zero-order chi connectivity index (χ0) is 41.9. The molecule has 0 bridgehead atoms. The van der Waals surface area contributed by atoms with Crippen molar-refractivity contribution in [2.45, 2.75) is 219 Å². The molecule has 3 atom stereocenters. The van der Waals surface area contributed by atoms with Gasteiger partial charge in [-0.25, -0.2) is 4.57 Å².